The predicted octanol–water partition coefficient (Wildman–Crippen LogP) is 4.14. The summed E-state index contributed by atoms with van der Waals surface area (Å²) in [6.45, 7) is 4.55. The number of hydrogen-bond acceptors (Lipinski definition) is 2. The molecule has 0 unspecified atom stereocenters. The Hall–Kier alpha value is -1.57. The number of carbonyl (C=O) groups excluding carboxylic acids is 1. The largest absolute Gasteiger partial charge is 0.497 e. The molecule has 0 aliphatic heterocycles. The minimum Gasteiger partial charge on any atom is -0.497 e. The number of ketones is 1. The summed E-state index contributed by atoms with van der Waals surface area (Å²) in [7, 11) is 1.73. The number of rotatable bonds is 1. The molecule has 1 aromatic rings. The molecule has 0 radical (unpaired) electrons. The van der Waals surface area contributed by atoms with Gasteiger partial charge < -0.3 is 4.74 Å². The van der Waals surface area contributed by atoms with Crippen molar-refractivity contribution in [3.63, 3.8) is 0 Å². The van der Waals surface area contributed by atoms with Crippen molar-refractivity contribution < 1.29 is 9.53 Å². The van der Waals surface area contributed by atoms with E-state index in [1.165, 1.54) is 11.1 Å². The van der Waals surface area contributed by atoms with Crippen LogP contribution in [0.25, 0.3) is 0 Å². The molecule has 116 valence electrons. The van der Waals surface area contributed by atoms with E-state index in [0.717, 1.165) is 25.0 Å². The Bertz CT molecular complexity index is 660. The third-order valence-electron chi connectivity index (χ3n) is 6.56. The predicted molar refractivity (Wildman–Crippen MR) is 87.1 cm³/mol. The molecule has 0 saturated heterocycles. The fraction of sp³-hybridized carbons (Fsp3) is 0.550. The quantitative estimate of drug-likeness (QED) is 0.778. The number of carbonyl (C=O) groups is 1. The van der Waals surface area contributed by atoms with Crippen molar-refractivity contribution >= 4 is 5.78 Å². The molecule has 0 amide bonds. The fourth-order valence-electron chi connectivity index (χ4n) is 5.34. The van der Waals surface area contributed by atoms with E-state index < -0.39 is 0 Å². The van der Waals surface area contributed by atoms with Gasteiger partial charge in [0.1, 0.15) is 5.75 Å². The Balaban J connectivity index is 1.76. The van der Waals surface area contributed by atoms with Gasteiger partial charge in [-0.05, 0) is 72.3 Å². The highest BCUT2D eigenvalue weighted by Crippen LogP contribution is 2.59. The normalized spacial score (nSPS) is 39.1. The monoisotopic (exact) mass is 296 g/mol. The Labute approximate surface area is 132 Å². The van der Waals surface area contributed by atoms with E-state index in [9.17, 15) is 4.79 Å². The van der Waals surface area contributed by atoms with Crippen LogP contribution in [0.3, 0.4) is 0 Å². The first-order valence-corrected chi connectivity index (χ1v) is 8.44. The first-order chi connectivity index (χ1) is 10.5. The summed E-state index contributed by atoms with van der Waals surface area (Å²) < 4.78 is 5.40. The summed E-state index contributed by atoms with van der Waals surface area (Å²) in [5.74, 6) is 3.54. The molecule has 22 heavy (non-hydrogen) atoms. The van der Waals surface area contributed by atoms with E-state index in [4.69, 9.17) is 4.74 Å². The average Bonchev–Trinajstić information content (AvgIpc) is 2.82. The van der Waals surface area contributed by atoms with Gasteiger partial charge in [0, 0.05) is 5.41 Å². The van der Waals surface area contributed by atoms with Crippen molar-refractivity contribution in [3.05, 3.63) is 41.5 Å². The number of methoxy groups -OCH3 is 1. The molecule has 3 aliphatic rings. The van der Waals surface area contributed by atoms with Gasteiger partial charge in [-0.1, -0.05) is 26.0 Å². The zero-order valence-corrected chi connectivity index (χ0v) is 13.6. The second kappa shape index (κ2) is 4.71. The summed E-state index contributed by atoms with van der Waals surface area (Å²) in [4.78, 5) is 12.3. The highest BCUT2D eigenvalue weighted by Gasteiger charge is 2.54. The molecular formula is C20H24O2. The lowest BCUT2D eigenvalue weighted by atomic mass is 9.53. The van der Waals surface area contributed by atoms with Crippen LogP contribution < -0.4 is 4.74 Å². The summed E-state index contributed by atoms with van der Waals surface area (Å²) in [5, 5.41) is 0. The summed E-state index contributed by atoms with van der Waals surface area (Å²) >= 11 is 0. The van der Waals surface area contributed by atoms with Crippen molar-refractivity contribution in [2.24, 2.45) is 23.2 Å². The van der Waals surface area contributed by atoms with Gasteiger partial charge in [0.05, 0.1) is 7.11 Å². The molecule has 0 N–H and O–H groups in total. The smallest absolute Gasteiger partial charge is 0.161 e. The van der Waals surface area contributed by atoms with Crippen LogP contribution in [0.1, 0.15) is 43.7 Å². The van der Waals surface area contributed by atoms with E-state index >= 15 is 0 Å². The molecule has 2 nitrogen and oxygen atoms in total. The second-order valence-electron chi connectivity index (χ2n) is 7.64. The maximum atomic E-state index is 12.3. The van der Waals surface area contributed by atoms with Crippen LogP contribution in [-0.2, 0) is 11.2 Å². The molecule has 0 bridgehead atoms. The minimum absolute atomic E-state index is 0.139. The molecule has 4 rings (SSSR count). The minimum atomic E-state index is -0.139. The van der Waals surface area contributed by atoms with Crippen molar-refractivity contribution in [1.29, 1.82) is 0 Å². The topological polar surface area (TPSA) is 26.3 Å². The highest BCUT2D eigenvalue weighted by molar-refractivity contribution is 5.97. The van der Waals surface area contributed by atoms with Crippen LogP contribution in [-0.4, -0.2) is 12.9 Å². The first-order valence-electron chi connectivity index (χ1n) is 8.44. The average molecular weight is 296 g/mol. The molecule has 1 aromatic carbocycles. The molecule has 1 fully saturated rings. The van der Waals surface area contributed by atoms with E-state index in [-0.39, 0.29) is 5.41 Å². The van der Waals surface area contributed by atoms with Crippen molar-refractivity contribution in [2.45, 2.75) is 39.0 Å². The molecule has 1 saturated carbocycles. The van der Waals surface area contributed by atoms with E-state index in [0.29, 0.717) is 29.5 Å². The van der Waals surface area contributed by atoms with Gasteiger partial charge in [-0.25, -0.2) is 0 Å². The van der Waals surface area contributed by atoms with Crippen LogP contribution >= 0.6 is 0 Å². The van der Waals surface area contributed by atoms with Gasteiger partial charge in [0.2, 0.25) is 0 Å². The van der Waals surface area contributed by atoms with Crippen molar-refractivity contribution in [2.75, 3.05) is 7.11 Å². The lowest BCUT2D eigenvalue weighted by molar-refractivity contribution is -0.127. The zero-order chi connectivity index (χ0) is 15.5. The number of benzene rings is 1. The Morgan fingerprint density at radius 1 is 1.32 bits per heavy atom. The van der Waals surface area contributed by atoms with Crippen LogP contribution in [0.4, 0.5) is 0 Å². The Kier molecular flexibility index (Phi) is 3.01. The van der Waals surface area contributed by atoms with Gasteiger partial charge in [0.25, 0.3) is 0 Å². The summed E-state index contributed by atoms with van der Waals surface area (Å²) in [6, 6.07) is 6.57. The number of allylic oxidation sites excluding steroid dienone is 2. The molecular weight excluding hydrogens is 272 g/mol. The van der Waals surface area contributed by atoms with Gasteiger partial charge in [-0.15, -0.1) is 0 Å². The van der Waals surface area contributed by atoms with Gasteiger partial charge in [0.15, 0.2) is 5.78 Å². The summed E-state index contributed by atoms with van der Waals surface area (Å²) in [6.07, 6.45) is 7.31. The third kappa shape index (κ3) is 1.76. The van der Waals surface area contributed by atoms with E-state index in [1.807, 2.05) is 6.08 Å². The van der Waals surface area contributed by atoms with E-state index in [2.05, 4.69) is 38.1 Å². The van der Waals surface area contributed by atoms with Crippen molar-refractivity contribution in [3.8, 4) is 5.75 Å². The summed E-state index contributed by atoms with van der Waals surface area (Å²) in [5.41, 5.74) is 2.81. The maximum Gasteiger partial charge on any atom is 0.161 e. The van der Waals surface area contributed by atoms with Crippen molar-refractivity contribution in [1.82, 2.24) is 0 Å². The Morgan fingerprint density at radius 2 is 2.14 bits per heavy atom. The molecule has 3 aliphatic carbocycles. The molecule has 0 heterocycles. The third-order valence-corrected chi connectivity index (χ3v) is 6.56. The highest BCUT2D eigenvalue weighted by atomic mass is 16.5. The van der Waals surface area contributed by atoms with Gasteiger partial charge in [-0.2, -0.15) is 0 Å². The van der Waals surface area contributed by atoms with Crippen LogP contribution in [0.15, 0.2) is 30.4 Å². The number of fused-ring (bicyclic) bond motifs is 5. The van der Waals surface area contributed by atoms with Gasteiger partial charge in [-0.3, -0.25) is 4.79 Å². The molecule has 2 heteroatoms. The standard InChI is InChI=1S/C20H24O2/c1-12-10-13-11-14(22-3)4-5-15(13)16-8-9-20(2)17(19(12)16)6-7-18(20)21/h4-7,11-12,16-17,19H,8-10H2,1-3H3/t12-,16-,17+,19-,20+/m1/s1. The SMILES string of the molecule is COc1ccc2c(c1)C[C@@H](C)[C@@H]1[C@@H]2CC[C@]2(C)C(=O)C=C[C@@H]12. The maximum absolute atomic E-state index is 12.3. The second-order valence-corrected chi connectivity index (χ2v) is 7.64. The zero-order valence-electron chi connectivity index (χ0n) is 13.6. The van der Waals surface area contributed by atoms with Crippen LogP contribution in [0, 0.1) is 23.2 Å². The van der Waals surface area contributed by atoms with E-state index in [1.54, 1.807) is 7.11 Å². The first kappa shape index (κ1) is 14.0. The van der Waals surface area contributed by atoms with Crippen LogP contribution in [0.5, 0.6) is 5.75 Å². The van der Waals surface area contributed by atoms with Crippen LogP contribution in [0.2, 0.25) is 0 Å². The lowest BCUT2D eigenvalue weighted by Gasteiger charge is -2.50. The molecule has 0 aromatic heterocycles. The lowest BCUT2D eigenvalue weighted by Crippen LogP contribution is -2.45. The molecule has 5 atom stereocenters. The van der Waals surface area contributed by atoms with Gasteiger partial charge >= 0.3 is 0 Å². The molecule has 0 spiro atoms. The number of ether oxygens (including phenoxy) is 1. The fourth-order valence-corrected chi connectivity index (χ4v) is 5.34. The number of hydrogen-bond donors (Lipinski definition) is 0. The Morgan fingerprint density at radius 3 is 2.91 bits per heavy atom.